The molecule has 0 fully saturated rings. The molecule has 0 amide bonds. The largest absolute Gasteiger partial charge is 0.493 e. The summed E-state index contributed by atoms with van der Waals surface area (Å²) < 4.78 is 15.3. The zero-order valence-electron chi connectivity index (χ0n) is 15.0. The number of benzene rings is 2. The van der Waals surface area contributed by atoms with Crippen molar-refractivity contribution in [2.45, 2.75) is 0 Å². The Labute approximate surface area is 155 Å². The predicted octanol–water partition coefficient (Wildman–Crippen LogP) is 2.69. The van der Waals surface area contributed by atoms with E-state index in [0.29, 0.717) is 17.2 Å². The van der Waals surface area contributed by atoms with Gasteiger partial charge in [0.2, 0.25) is 0 Å². The van der Waals surface area contributed by atoms with Crippen LogP contribution in [0.2, 0.25) is 0 Å². The van der Waals surface area contributed by atoms with E-state index < -0.39 is 23.3 Å². The van der Waals surface area contributed by atoms with Crippen molar-refractivity contribution in [1.29, 1.82) is 0 Å². The van der Waals surface area contributed by atoms with Gasteiger partial charge in [-0.2, -0.15) is 0 Å². The zero-order valence-corrected chi connectivity index (χ0v) is 15.0. The molecule has 0 aromatic heterocycles. The highest BCUT2D eigenvalue weighted by Gasteiger charge is 2.19. The second-order valence-electron chi connectivity index (χ2n) is 5.31. The lowest BCUT2D eigenvalue weighted by Gasteiger charge is -2.10. The number of nitrogens with one attached hydrogen (secondary N) is 1. The van der Waals surface area contributed by atoms with Gasteiger partial charge in [0.05, 0.1) is 24.7 Å². The molecule has 0 saturated heterocycles. The molecule has 2 aromatic carbocycles. The highest BCUT2D eigenvalue weighted by atomic mass is 16.6. The Kier molecular flexibility index (Phi) is 6.32. The van der Waals surface area contributed by atoms with Crippen molar-refractivity contribution < 1.29 is 28.7 Å². The minimum absolute atomic E-state index is 0.0354. The fourth-order valence-corrected chi connectivity index (χ4v) is 2.33. The molecule has 0 aliphatic carbocycles. The maximum Gasteiger partial charge on any atom is 0.340 e. The van der Waals surface area contributed by atoms with E-state index in [9.17, 15) is 19.7 Å². The number of nitro groups is 1. The van der Waals surface area contributed by atoms with Crippen LogP contribution in [0.25, 0.3) is 0 Å². The van der Waals surface area contributed by atoms with Crippen molar-refractivity contribution in [3.8, 4) is 11.5 Å². The molecule has 0 heterocycles. The maximum atomic E-state index is 12.3. The molecule has 0 saturated carbocycles. The summed E-state index contributed by atoms with van der Waals surface area (Å²) in [6, 6.07) is 8.30. The number of ether oxygens (including phenoxy) is 3. The average Bonchev–Trinajstić information content (AvgIpc) is 2.70. The summed E-state index contributed by atoms with van der Waals surface area (Å²) in [4.78, 5) is 34.8. The molecule has 1 N–H and O–H groups in total. The van der Waals surface area contributed by atoms with E-state index in [0.717, 1.165) is 6.07 Å². The summed E-state index contributed by atoms with van der Waals surface area (Å²) in [5, 5.41) is 13.6. The highest BCUT2D eigenvalue weighted by Crippen LogP contribution is 2.28. The molecule has 9 heteroatoms. The van der Waals surface area contributed by atoms with Crippen molar-refractivity contribution in [3.63, 3.8) is 0 Å². The first-order valence-electron chi connectivity index (χ1n) is 7.79. The van der Waals surface area contributed by atoms with Crippen LogP contribution in [0, 0.1) is 10.1 Å². The number of nitro benzene ring substituents is 1. The zero-order chi connectivity index (χ0) is 20.0. The lowest BCUT2D eigenvalue weighted by molar-refractivity contribution is -0.384. The smallest absolute Gasteiger partial charge is 0.340 e. The summed E-state index contributed by atoms with van der Waals surface area (Å²) >= 11 is 0. The lowest BCUT2D eigenvalue weighted by Crippen LogP contribution is -2.15. The van der Waals surface area contributed by atoms with Gasteiger partial charge in [0.1, 0.15) is 0 Å². The quantitative estimate of drug-likeness (QED) is 0.324. The monoisotopic (exact) mass is 374 g/mol. The normalized spacial score (nSPS) is 10.0. The third-order valence-electron chi connectivity index (χ3n) is 3.74. The van der Waals surface area contributed by atoms with Gasteiger partial charge in [0, 0.05) is 30.4 Å². The first-order chi connectivity index (χ1) is 12.9. The number of anilines is 1. The van der Waals surface area contributed by atoms with E-state index in [4.69, 9.17) is 14.2 Å². The van der Waals surface area contributed by atoms with E-state index in [2.05, 4.69) is 5.32 Å². The summed E-state index contributed by atoms with van der Waals surface area (Å²) in [5.41, 5.74) is 0.330. The fourth-order valence-electron chi connectivity index (χ4n) is 2.33. The number of methoxy groups -OCH3 is 2. The Hall–Kier alpha value is -3.62. The van der Waals surface area contributed by atoms with Gasteiger partial charge in [-0.05, 0) is 24.3 Å². The number of ketones is 1. The van der Waals surface area contributed by atoms with Gasteiger partial charge in [-0.15, -0.1) is 0 Å². The molecule has 0 bridgehead atoms. The second kappa shape index (κ2) is 8.65. The highest BCUT2D eigenvalue weighted by molar-refractivity contribution is 6.01. The predicted molar refractivity (Wildman–Crippen MR) is 96.8 cm³/mol. The van der Waals surface area contributed by atoms with Gasteiger partial charge in [-0.25, -0.2) is 4.79 Å². The van der Waals surface area contributed by atoms with E-state index in [1.54, 1.807) is 13.1 Å². The van der Waals surface area contributed by atoms with E-state index >= 15 is 0 Å². The van der Waals surface area contributed by atoms with Crippen molar-refractivity contribution in [3.05, 3.63) is 57.6 Å². The van der Waals surface area contributed by atoms with Crippen LogP contribution in [0.5, 0.6) is 11.5 Å². The number of hydrogen-bond acceptors (Lipinski definition) is 8. The Morgan fingerprint density at radius 1 is 1.07 bits per heavy atom. The van der Waals surface area contributed by atoms with Crippen molar-refractivity contribution in [1.82, 2.24) is 0 Å². The summed E-state index contributed by atoms with van der Waals surface area (Å²) in [6.45, 7) is -0.528. The average molecular weight is 374 g/mol. The van der Waals surface area contributed by atoms with Crippen LogP contribution in [0.15, 0.2) is 36.4 Å². The second-order valence-corrected chi connectivity index (χ2v) is 5.31. The van der Waals surface area contributed by atoms with Gasteiger partial charge < -0.3 is 19.5 Å². The van der Waals surface area contributed by atoms with Crippen LogP contribution in [0.3, 0.4) is 0 Å². The summed E-state index contributed by atoms with van der Waals surface area (Å²) in [5.74, 6) is -0.482. The number of carbonyl (C=O) groups excluding carboxylic acids is 2. The van der Waals surface area contributed by atoms with Gasteiger partial charge in [-0.3, -0.25) is 14.9 Å². The van der Waals surface area contributed by atoms with E-state index in [-0.39, 0.29) is 16.8 Å². The number of non-ortho nitro benzene ring substituents is 1. The number of rotatable bonds is 8. The number of esters is 1. The Balaban J connectivity index is 2.14. The number of Topliss-reactive ketones (excluding diaryl/α,β-unsaturated/α-hetero) is 1. The fraction of sp³-hybridized carbons (Fsp3) is 0.222. The molecule has 9 nitrogen and oxygen atoms in total. The number of hydrogen-bond donors (Lipinski definition) is 1. The van der Waals surface area contributed by atoms with Crippen LogP contribution in [-0.2, 0) is 4.74 Å². The molecule has 0 unspecified atom stereocenters. The molecular weight excluding hydrogens is 356 g/mol. The number of nitrogens with zero attached hydrogens (tertiary/aromatic N) is 1. The third-order valence-corrected chi connectivity index (χ3v) is 3.74. The SMILES string of the molecule is CNc1ccc([N+](=O)[O-])cc1C(=O)OCC(=O)c1ccc(OC)c(OC)c1. The van der Waals surface area contributed by atoms with Gasteiger partial charge in [-0.1, -0.05) is 0 Å². The van der Waals surface area contributed by atoms with Crippen LogP contribution < -0.4 is 14.8 Å². The van der Waals surface area contributed by atoms with Crippen LogP contribution in [0.4, 0.5) is 11.4 Å². The van der Waals surface area contributed by atoms with Gasteiger partial charge in [0.15, 0.2) is 23.9 Å². The maximum absolute atomic E-state index is 12.3. The summed E-state index contributed by atoms with van der Waals surface area (Å²) in [6.07, 6.45) is 0. The molecule has 0 spiro atoms. The Morgan fingerprint density at radius 2 is 1.78 bits per heavy atom. The summed E-state index contributed by atoms with van der Waals surface area (Å²) in [7, 11) is 4.47. The standard InChI is InChI=1S/C18H18N2O7/c1-19-14-6-5-12(20(23)24)9-13(14)18(22)27-10-15(21)11-4-7-16(25-2)17(8-11)26-3/h4-9,19H,10H2,1-3H3. The Morgan fingerprint density at radius 3 is 2.37 bits per heavy atom. The van der Waals surface area contributed by atoms with Crippen LogP contribution >= 0.6 is 0 Å². The van der Waals surface area contributed by atoms with Crippen molar-refractivity contribution in [2.75, 3.05) is 33.2 Å². The first-order valence-corrected chi connectivity index (χ1v) is 7.79. The molecule has 2 rings (SSSR count). The molecular formula is C18H18N2O7. The van der Waals surface area contributed by atoms with Crippen LogP contribution in [-0.4, -0.2) is 44.6 Å². The number of carbonyl (C=O) groups is 2. The lowest BCUT2D eigenvalue weighted by atomic mass is 10.1. The van der Waals surface area contributed by atoms with Gasteiger partial charge >= 0.3 is 5.97 Å². The molecule has 0 aliphatic rings. The molecule has 2 aromatic rings. The van der Waals surface area contributed by atoms with Crippen molar-refractivity contribution in [2.24, 2.45) is 0 Å². The van der Waals surface area contributed by atoms with Crippen LogP contribution in [0.1, 0.15) is 20.7 Å². The minimum atomic E-state index is -0.850. The molecule has 142 valence electrons. The third kappa shape index (κ3) is 4.51. The Bertz CT molecular complexity index is 880. The van der Waals surface area contributed by atoms with Gasteiger partial charge in [0.25, 0.3) is 5.69 Å². The van der Waals surface area contributed by atoms with E-state index in [1.807, 2.05) is 0 Å². The first kappa shape index (κ1) is 19.7. The molecule has 0 atom stereocenters. The van der Waals surface area contributed by atoms with Crippen molar-refractivity contribution >= 4 is 23.1 Å². The minimum Gasteiger partial charge on any atom is -0.493 e. The molecule has 0 radical (unpaired) electrons. The molecule has 0 aliphatic heterocycles. The van der Waals surface area contributed by atoms with E-state index in [1.165, 1.54) is 38.5 Å². The molecule has 27 heavy (non-hydrogen) atoms. The topological polar surface area (TPSA) is 117 Å².